The number of halogens is 3. The van der Waals surface area contributed by atoms with Crippen molar-refractivity contribution in [1.29, 1.82) is 0 Å². The molecule has 0 aromatic heterocycles. The molecule has 0 heterocycles. The quantitative estimate of drug-likeness (QED) is 0.204. The number of benzene rings is 1. The van der Waals surface area contributed by atoms with E-state index in [1.807, 2.05) is 0 Å². The van der Waals surface area contributed by atoms with Gasteiger partial charge in [0.15, 0.2) is 0 Å². The lowest BCUT2D eigenvalue weighted by molar-refractivity contribution is -0.0895. The zero-order valence-corrected chi connectivity index (χ0v) is 16.9. The summed E-state index contributed by atoms with van der Waals surface area (Å²) >= 11 is 1.08. The predicted octanol–water partition coefficient (Wildman–Crippen LogP) is 5.53. The molecule has 5 N–H and O–H groups in total. The van der Waals surface area contributed by atoms with Gasteiger partial charge in [-0.15, -0.1) is 0 Å². The van der Waals surface area contributed by atoms with Gasteiger partial charge >= 0.3 is 6.18 Å². The first-order chi connectivity index (χ1) is 13.2. The Morgan fingerprint density at radius 1 is 1.29 bits per heavy atom. The topological polar surface area (TPSA) is 67.3 Å². The van der Waals surface area contributed by atoms with Gasteiger partial charge in [0.05, 0.1) is 17.0 Å². The third-order valence-electron chi connectivity index (χ3n) is 3.71. The fourth-order valence-electron chi connectivity index (χ4n) is 2.22. The Hall–Kier alpha value is -2.32. The predicted molar refractivity (Wildman–Crippen MR) is 112 cm³/mol. The van der Waals surface area contributed by atoms with E-state index in [9.17, 15) is 13.2 Å². The van der Waals surface area contributed by atoms with Gasteiger partial charge in [-0.1, -0.05) is 32.1 Å². The number of hydrogen-bond acceptors (Lipinski definition) is 5. The van der Waals surface area contributed by atoms with Crippen molar-refractivity contribution in [2.75, 3.05) is 5.01 Å². The molecule has 0 amide bonds. The molecule has 0 saturated heterocycles. The summed E-state index contributed by atoms with van der Waals surface area (Å²) in [5, 5.41) is 1.43. The summed E-state index contributed by atoms with van der Waals surface area (Å²) in [5.74, 6) is 5.99. The van der Waals surface area contributed by atoms with Gasteiger partial charge in [-0.05, 0) is 62.1 Å². The Labute approximate surface area is 168 Å². The average Bonchev–Trinajstić information content (AvgIpc) is 2.65. The van der Waals surface area contributed by atoms with Crippen LogP contribution in [0.5, 0.6) is 0 Å². The zero-order valence-electron chi connectivity index (χ0n) is 16.1. The molecule has 0 bridgehead atoms. The fourth-order valence-corrected chi connectivity index (χ4v) is 2.95. The third-order valence-corrected chi connectivity index (χ3v) is 4.54. The maximum absolute atomic E-state index is 13.2. The van der Waals surface area contributed by atoms with Crippen LogP contribution in [0.4, 0.5) is 18.9 Å². The Kier molecular flexibility index (Phi) is 9.75. The van der Waals surface area contributed by atoms with E-state index >= 15 is 0 Å². The number of rotatable bonds is 10. The number of alkyl halides is 3. The summed E-state index contributed by atoms with van der Waals surface area (Å²) in [6, 6.07) is 7.07. The summed E-state index contributed by atoms with van der Waals surface area (Å²) in [7, 11) is 0. The van der Waals surface area contributed by atoms with E-state index in [-0.39, 0.29) is 5.70 Å². The smallest absolute Gasteiger partial charge is 0.401 e. The number of nitrogens with two attached hydrogens (primary N) is 2. The van der Waals surface area contributed by atoms with Crippen LogP contribution in [0.3, 0.4) is 0 Å². The molecular weight excluding hydrogens is 385 g/mol. The van der Waals surface area contributed by atoms with Gasteiger partial charge in [-0.3, -0.25) is 5.01 Å². The number of hydrazine groups is 1. The Bertz CT molecular complexity index is 722. The highest BCUT2D eigenvalue weighted by molar-refractivity contribution is 7.97. The van der Waals surface area contributed by atoms with Gasteiger partial charge in [-0.2, -0.15) is 13.2 Å². The highest BCUT2D eigenvalue weighted by atomic mass is 32.2. The molecule has 0 aliphatic heterocycles. The second-order valence-electron chi connectivity index (χ2n) is 5.93. The van der Waals surface area contributed by atoms with Crippen LogP contribution in [-0.4, -0.2) is 6.18 Å². The number of nitrogens with one attached hydrogen (secondary N) is 1. The number of anilines is 1. The van der Waals surface area contributed by atoms with Crippen molar-refractivity contribution in [2.24, 2.45) is 11.6 Å². The van der Waals surface area contributed by atoms with E-state index in [1.165, 1.54) is 18.0 Å². The van der Waals surface area contributed by atoms with Crippen LogP contribution in [0, 0.1) is 0 Å². The van der Waals surface area contributed by atoms with Gasteiger partial charge < -0.3 is 10.5 Å². The molecule has 0 spiro atoms. The van der Waals surface area contributed by atoms with Crippen LogP contribution in [0.15, 0.2) is 77.1 Å². The number of unbranched alkanes of at least 4 members (excludes halogenated alkanes) is 1. The molecule has 28 heavy (non-hydrogen) atoms. The second kappa shape index (κ2) is 11.5. The number of allylic oxidation sites excluding steroid dienone is 5. The molecule has 4 nitrogen and oxygen atoms in total. The minimum atomic E-state index is -4.47. The van der Waals surface area contributed by atoms with Crippen molar-refractivity contribution in [2.45, 2.75) is 44.2 Å². The first kappa shape index (κ1) is 23.7. The first-order valence-corrected chi connectivity index (χ1v) is 9.64. The molecule has 0 radical (unpaired) electrons. The summed E-state index contributed by atoms with van der Waals surface area (Å²) in [6.07, 6.45) is 3.43. The number of nitrogens with zero attached hydrogens (tertiary/aromatic N) is 1. The van der Waals surface area contributed by atoms with Crippen molar-refractivity contribution >= 4 is 17.6 Å². The highest BCUT2D eigenvalue weighted by Gasteiger charge is 2.35. The lowest BCUT2D eigenvalue weighted by Crippen LogP contribution is -2.25. The molecule has 0 aliphatic carbocycles. The van der Waals surface area contributed by atoms with Gasteiger partial charge in [0.1, 0.15) is 0 Å². The van der Waals surface area contributed by atoms with E-state index in [0.717, 1.165) is 53.9 Å². The van der Waals surface area contributed by atoms with Gasteiger partial charge in [0, 0.05) is 16.8 Å². The number of hydrogen-bond donors (Lipinski definition) is 3. The van der Waals surface area contributed by atoms with E-state index in [4.69, 9.17) is 11.6 Å². The Morgan fingerprint density at radius 3 is 2.43 bits per heavy atom. The molecule has 0 saturated carbocycles. The van der Waals surface area contributed by atoms with E-state index < -0.39 is 11.7 Å². The zero-order chi connectivity index (χ0) is 21.2. The molecule has 8 heteroatoms. The van der Waals surface area contributed by atoms with Crippen molar-refractivity contribution in [3.63, 3.8) is 0 Å². The summed E-state index contributed by atoms with van der Waals surface area (Å²) in [6.45, 7) is 6.97. The first-order valence-electron chi connectivity index (χ1n) is 8.82. The van der Waals surface area contributed by atoms with E-state index in [1.54, 1.807) is 30.5 Å². The monoisotopic (exact) mass is 412 g/mol. The van der Waals surface area contributed by atoms with Crippen molar-refractivity contribution in [1.82, 2.24) is 4.72 Å². The molecule has 0 atom stereocenters. The maximum Gasteiger partial charge on any atom is 0.418 e. The average molecular weight is 413 g/mol. The van der Waals surface area contributed by atoms with Gasteiger partial charge in [-0.25, -0.2) is 5.84 Å². The lowest BCUT2D eigenvalue weighted by Gasteiger charge is -2.17. The SMILES string of the molecule is C=C/C=C(\C(=C/C)NSc1ccc(N(N)/C=C(\N)CCCC)cc1)C(F)(F)F. The molecule has 1 aromatic carbocycles. The van der Waals surface area contributed by atoms with Crippen LogP contribution in [-0.2, 0) is 0 Å². The van der Waals surface area contributed by atoms with Crippen LogP contribution < -0.4 is 21.3 Å². The van der Waals surface area contributed by atoms with Gasteiger partial charge in [0.25, 0.3) is 0 Å². The molecular formula is C20H27F3N4S. The largest absolute Gasteiger partial charge is 0.418 e. The van der Waals surface area contributed by atoms with Crippen molar-refractivity contribution in [3.05, 3.63) is 72.2 Å². The molecule has 1 aromatic rings. The summed E-state index contributed by atoms with van der Waals surface area (Å²) in [4.78, 5) is 0.736. The molecule has 1 rings (SSSR count). The van der Waals surface area contributed by atoms with Crippen LogP contribution in [0.25, 0.3) is 0 Å². The molecule has 0 unspecified atom stereocenters. The van der Waals surface area contributed by atoms with Crippen LogP contribution >= 0.6 is 11.9 Å². The minimum absolute atomic E-state index is 0.0337. The van der Waals surface area contributed by atoms with Gasteiger partial charge in [0.2, 0.25) is 0 Å². The Balaban J connectivity index is 2.79. The molecule has 154 valence electrons. The van der Waals surface area contributed by atoms with E-state index in [0.29, 0.717) is 5.70 Å². The fraction of sp³-hybridized carbons (Fsp3) is 0.300. The minimum Gasteiger partial charge on any atom is -0.401 e. The lowest BCUT2D eigenvalue weighted by atomic mass is 10.1. The normalized spacial score (nSPS) is 13.4. The third kappa shape index (κ3) is 7.74. The Morgan fingerprint density at radius 2 is 1.93 bits per heavy atom. The van der Waals surface area contributed by atoms with Crippen molar-refractivity contribution < 1.29 is 13.2 Å². The van der Waals surface area contributed by atoms with E-state index in [2.05, 4.69) is 18.2 Å². The van der Waals surface area contributed by atoms with Crippen molar-refractivity contribution in [3.8, 4) is 0 Å². The standard InChI is InChI=1S/C20H27F3N4S/c1-4-7-9-15(24)14-27(25)16-10-12-17(13-11-16)28-26-19(6-3)18(8-5-2)20(21,22)23/h5-6,8,10-14,26H,2,4,7,9,24-25H2,1,3H3/b15-14-,18-8+,19-6+. The summed E-state index contributed by atoms with van der Waals surface area (Å²) < 4.78 is 42.2. The summed E-state index contributed by atoms with van der Waals surface area (Å²) in [5.41, 5.74) is 6.52. The molecule has 0 aliphatic rings. The molecule has 0 fully saturated rings. The van der Waals surface area contributed by atoms with Crippen LogP contribution in [0.2, 0.25) is 0 Å². The highest BCUT2D eigenvalue weighted by Crippen LogP contribution is 2.32. The maximum atomic E-state index is 13.2. The van der Waals surface area contributed by atoms with Crippen LogP contribution in [0.1, 0.15) is 33.1 Å². The second-order valence-corrected chi connectivity index (χ2v) is 6.81.